The second-order valence-corrected chi connectivity index (χ2v) is 6.36. The zero-order valence-corrected chi connectivity index (χ0v) is 12.8. The number of carbonyl (C=O) groups excluding carboxylic acids is 1. The van der Waals surface area contributed by atoms with Gasteiger partial charge in [-0.15, -0.1) is 0 Å². The van der Waals surface area contributed by atoms with Crippen LogP contribution in [-0.4, -0.2) is 19.0 Å². The van der Waals surface area contributed by atoms with Crippen LogP contribution in [0.15, 0.2) is 36.4 Å². The van der Waals surface area contributed by atoms with Crippen molar-refractivity contribution < 1.29 is 9.53 Å². The first-order chi connectivity index (χ1) is 10.3. The van der Waals surface area contributed by atoms with Crippen LogP contribution in [-0.2, 0) is 9.53 Å². The quantitative estimate of drug-likeness (QED) is 0.783. The van der Waals surface area contributed by atoms with E-state index in [1.165, 1.54) is 11.1 Å². The number of benzene rings is 1. The van der Waals surface area contributed by atoms with E-state index in [0.29, 0.717) is 11.7 Å². The number of rotatable bonds is 3. The van der Waals surface area contributed by atoms with Crippen molar-refractivity contribution in [2.45, 2.75) is 38.5 Å². The summed E-state index contributed by atoms with van der Waals surface area (Å²) in [5.74, 6) is 1.18. The molecule has 1 aliphatic heterocycles. The maximum atomic E-state index is 12.9. The highest BCUT2D eigenvalue weighted by molar-refractivity contribution is 5.84. The van der Waals surface area contributed by atoms with Gasteiger partial charge in [0.15, 0.2) is 0 Å². The van der Waals surface area contributed by atoms with Crippen LogP contribution in [0.1, 0.15) is 42.7 Å². The van der Waals surface area contributed by atoms with Crippen molar-refractivity contribution in [1.29, 1.82) is 0 Å². The molecule has 2 atom stereocenters. The number of aryl methyl sites for hydroxylation is 1. The lowest BCUT2D eigenvalue weighted by Crippen LogP contribution is -2.33. The SMILES string of the molecule is Cc1ccc([C@H]2CC=CCC2C(=O)C2CCOCC2)cc1. The summed E-state index contributed by atoms with van der Waals surface area (Å²) in [7, 11) is 0. The molecule has 0 spiro atoms. The molecule has 0 N–H and O–H groups in total. The zero-order valence-electron chi connectivity index (χ0n) is 12.8. The van der Waals surface area contributed by atoms with Gasteiger partial charge in [0.1, 0.15) is 5.78 Å². The van der Waals surface area contributed by atoms with Crippen molar-refractivity contribution in [3.63, 3.8) is 0 Å². The van der Waals surface area contributed by atoms with Gasteiger partial charge in [0, 0.05) is 25.0 Å². The molecule has 1 aliphatic carbocycles. The van der Waals surface area contributed by atoms with Crippen LogP contribution in [0.25, 0.3) is 0 Å². The Bertz CT molecular complexity index is 509. The molecule has 1 aromatic rings. The second kappa shape index (κ2) is 6.57. The summed E-state index contributed by atoms with van der Waals surface area (Å²) in [6.07, 6.45) is 8.11. The molecular formula is C19H24O2. The van der Waals surface area contributed by atoms with Gasteiger partial charge in [-0.25, -0.2) is 0 Å². The Morgan fingerprint density at radius 1 is 1.05 bits per heavy atom. The Hall–Kier alpha value is -1.41. The zero-order chi connectivity index (χ0) is 14.7. The summed E-state index contributed by atoms with van der Waals surface area (Å²) in [6.45, 7) is 3.59. The minimum absolute atomic E-state index is 0.154. The van der Waals surface area contributed by atoms with Gasteiger partial charge in [-0.3, -0.25) is 4.79 Å². The van der Waals surface area contributed by atoms with E-state index < -0.39 is 0 Å². The molecule has 2 aliphatic rings. The number of hydrogen-bond acceptors (Lipinski definition) is 2. The first kappa shape index (κ1) is 14.5. The van der Waals surface area contributed by atoms with E-state index in [0.717, 1.165) is 38.9 Å². The molecule has 1 unspecified atom stereocenters. The van der Waals surface area contributed by atoms with Gasteiger partial charge in [-0.1, -0.05) is 42.0 Å². The van der Waals surface area contributed by atoms with Crippen LogP contribution in [0.2, 0.25) is 0 Å². The van der Waals surface area contributed by atoms with Gasteiger partial charge in [0.2, 0.25) is 0 Å². The van der Waals surface area contributed by atoms with E-state index in [1.807, 2.05) is 0 Å². The highest BCUT2D eigenvalue weighted by atomic mass is 16.5. The Kier molecular flexibility index (Phi) is 4.54. The van der Waals surface area contributed by atoms with Gasteiger partial charge in [0.05, 0.1) is 0 Å². The second-order valence-electron chi connectivity index (χ2n) is 6.36. The minimum Gasteiger partial charge on any atom is -0.381 e. The van der Waals surface area contributed by atoms with Gasteiger partial charge >= 0.3 is 0 Å². The molecule has 1 aromatic carbocycles. The Labute approximate surface area is 127 Å². The summed E-state index contributed by atoms with van der Waals surface area (Å²) in [5.41, 5.74) is 2.59. The van der Waals surface area contributed by atoms with Gasteiger partial charge in [0.25, 0.3) is 0 Å². The fourth-order valence-electron chi connectivity index (χ4n) is 3.60. The van der Waals surface area contributed by atoms with Crippen LogP contribution in [0, 0.1) is 18.8 Å². The lowest BCUT2D eigenvalue weighted by Gasteiger charge is -2.32. The van der Waals surface area contributed by atoms with Crippen LogP contribution in [0.4, 0.5) is 0 Å². The Morgan fingerprint density at radius 2 is 1.71 bits per heavy atom. The fourth-order valence-corrected chi connectivity index (χ4v) is 3.60. The van der Waals surface area contributed by atoms with Crippen molar-refractivity contribution in [1.82, 2.24) is 0 Å². The largest absolute Gasteiger partial charge is 0.381 e. The molecule has 2 heteroatoms. The molecule has 2 nitrogen and oxygen atoms in total. The lowest BCUT2D eigenvalue weighted by molar-refractivity contribution is -0.130. The van der Waals surface area contributed by atoms with Crippen LogP contribution in [0.5, 0.6) is 0 Å². The fraction of sp³-hybridized carbons (Fsp3) is 0.526. The van der Waals surface area contributed by atoms with Crippen molar-refractivity contribution in [3.8, 4) is 0 Å². The molecule has 112 valence electrons. The molecule has 1 fully saturated rings. The average molecular weight is 284 g/mol. The topological polar surface area (TPSA) is 26.3 Å². The monoisotopic (exact) mass is 284 g/mol. The van der Waals surface area contributed by atoms with Gasteiger partial charge in [-0.05, 0) is 44.1 Å². The molecule has 0 radical (unpaired) electrons. The summed E-state index contributed by atoms with van der Waals surface area (Å²) in [5, 5.41) is 0. The number of ketones is 1. The van der Waals surface area contributed by atoms with Crippen molar-refractivity contribution in [2.75, 3.05) is 13.2 Å². The third-order valence-electron chi connectivity index (χ3n) is 4.93. The molecule has 1 heterocycles. The molecular weight excluding hydrogens is 260 g/mol. The normalized spacial score (nSPS) is 26.7. The maximum absolute atomic E-state index is 12.9. The number of hydrogen-bond donors (Lipinski definition) is 0. The van der Waals surface area contributed by atoms with E-state index in [2.05, 4.69) is 43.3 Å². The predicted octanol–water partition coefficient (Wildman–Crippen LogP) is 4.04. The van der Waals surface area contributed by atoms with Gasteiger partial charge < -0.3 is 4.74 Å². The summed E-state index contributed by atoms with van der Waals surface area (Å²) in [4.78, 5) is 12.9. The minimum atomic E-state index is 0.154. The smallest absolute Gasteiger partial charge is 0.140 e. The van der Waals surface area contributed by atoms with Crippen molar-refractivity contribution >= 4 is 5.78 Å². The number of Topliss-reactive ketones (excluding diaryl/α,β-unsaturated/α-hetero) is 1. The van der Waals surface area contributed by atoms with Crippen LogP contribution in [0.3, 0.4) is 0 Å². The molecule has 1 saturated heterocycles. The molecule has 3 rings (SSSR count). The standard InChI is InChI=1S/C19H24O2/c1-14-6-8-15(9-7-14)17-4-2-3-5-18(17)19(20)16-10-12-21-13-11-16/h2-3,6-9,16-18H,4-5,10-13H2,1H3/t17-,18?/m1/s1. The third-order valence-corrected chi connectivity index (χ3v) is 4.93. The Morgan fingerprint density at radius 3 is 2.43 bits per heavy atom. The molecule has 0 saturated carbocycles. The van der Waals surface area contributed by atoms with E-state index in [4.69, 9.17) is 4.74 Å². The molecule has 21 heavy (non-hydrogen) atoms. The van der Waals surface area contributed by atoms with E-state index in [1.54, 1.807) is 0 Å². The molecule has 0 amide bonds. The van der Waals surface area contributed by atoms with Crippen LogP contribution >= 0.6 is 0 Å². The Balaban J connectivity index is 1.79. The van der Waals surface area contributed by atoms with E-state index >= 15 is 0 Å². The first-order valence-corrected chi connectivity index (χ1v) is 8.09. The van der Waals surface area contributed by atoms with Crippen molar-refractivity contribution in [3.05, 3.63) is 47.5 Å². The van der Waals surface area contributed by atoms with Crippen molar-refractivity contribution in [2.24, 2.45) is 11.8 Å². The average Bonchev–Trinajstić information content (AvgIpc) is 2.56. The first-order valence-electron chi connectivity index (χ1n) is 8.09. The van der Waals surface area contributed by atoms with Gasteiger partial charge in [-0.2, -0.15) is 0 Å². The highest BCUT2D eigenvalue weighted by Crippen LogP contribution is 2.38. The summed E-state index contributed by atoms with van der Waals surface area (Å²) in [6, 6.07) is 8.71. The highest BCUT2D eigenvalue weighted by Gasteiger charge is 2.34. The predicted molar refractivity (Wildman–Crippen MR) is 84.3 cm³/mol. The van der Waals surface area contributed by atoms with E-state index in [-0.39, 0.29) is 11.8 Å². The van der Waals surface area contributed by atoms with Crippen LogP contribution < -0.4 is 0 Å². The number of carbonyl (C=O) groups is 1. The van der Waals surface area contributed by atoms with E-state index in [9.17, 15) is 4.79 Å². The maximum Gasteiger partial charge on any atom is 0.140 e. The molecule has 0 aromatic heterocycles. The summed E-state index contributed by atoms with van der Waals surface area (Å²) < 4.78 is 5.40. The third kappa shape index (κ3) is 3.26. The number of allylic oxidation sites excluding steroid dienone is 2. The summed E-state index contributed by atoms with van der Waals surface area (Å²) >= 11 is 0. The number of ether oxygens (including phenoxy) is 1. The molecule has 0 bridgehead atoms. The lowest BCUT2D eigenvalue weighted by atomic mass is 9.72.